The fraction of sp³-hybridized carbons (Fsp3) is 0. The molecule has 3 rings (SSSR count). The molecule has 1 heterocycles. The minimum absolute atomic E-state index is 0.0447. The Morgan fingerprint density at radius 3 is 2.45 bits per heavy atom. The van der Waals surface area contributed by atoms with Gasteiger partial charge < -0.3 is 21.6 Å². The third-order valence-electron chi connectivity index (χ3n) is 2.90. The van der Waals surface area contributed by atoms with Crippen molar-refractivity contribution < 1.29 is 4.42 Å². The first-order valence-electron chi connectivity index (χ1n) is 6.52. The lowest BCUT2D eigenvalue weighted by Crippen LogP contribution is -2.26. The Bertz CT molecular complexity index is 862. The fourth-order valence-electron chi connectivity index (χ4n) is 2.01. The molecule has 6 N–H and O–H groups in total. The predicted molar refractivity (Wildman–Crippen MR) is 86.5 cm³/mol. The molecule has 0 fully saturated rings. The van der Waals surface area contributed by atoms with Crippen molar-refractivity contribution in [2.75, 3.05) is 0 Å². The monoisotopic (exact) mass is 294 g/mol. The van der Waals surface area contributed by atoms with Gasteiger partial charge in [0.2, 0.25) is 11.9 Å². The number of rotatable bonds is 2. The topological polar surface area (TPSA) is 129 Å². The number of benzene rings is 2. The maximum atomic E-state index is 5.75. The summed E-state index contributed by atoms with van der Waals surface area (Å²) >= 11 is 0. The van der Waals surface area contributed by atoms with Gasteiger partial charge in [-0.25, -0.2) is 9.98 Å². The average Bonchev–Trinajstić information content (AvgIpc) is 2.92. The molecule has 0 unspecified atom stereocenters. The van der Waals surface area contributed by atoms with Gasteiger partial charge in [-0.15, -0.1) is 0 Å². The number of fused-ring (bicyclic) bond motifs is 1. The quantitative estimate of drug-likeness (QED) is 0.489. The predicted octanol–water partition coefficient (Wildman–Crippen LogP) is 1.71. The molecule has 2 aromatic carbocycles. The summed E-state index contributed by atoms with van der Waals surface area (Å²) in [7, 11) is 0. The summed E-state index contributed by atoms with van der Waals surface area (Å²) in [6, 6.07) is 15.0. The molecule has 7 heteroatoms. The number of hydrogen-bond acceptors (Lipinski definition) is 3. The molecule has 0 spiro atoms. The number of aromatic nitrogens is 1. The maximum absolute atomic E-state index is 5.75. The molecule has 0 saturated carbocycles. The summed E-state index contributed by atoms with van der Waals surface area (Å²) in [4.78, 5) is 12.3. The van der Waals surface area contributed by atoms with Gasteiger partial charge in [-0.2, -0.15) is 4.99 Å². The second-order valence-corrected chi connectivity index (χ2v) is 4.52. The van der Waals surface area contributed by atoms with Crippen molar-refractivity contribution in [3.05, 3.63) is 48.5 Å². The molecule has 3 aromatic rings. The van der Waals surface area contributed by atoms with E-state index in [0.717, 1.165) is 5.56 Å². The van der Waals surface area contributed by atoms with Crippen molar-refractivity contribution in [1.82, 2.24) is 4.98 Å². The third kappa shape index (κ3) is 2.73. The molecular formula is C15H14N6O. The molecule has 0 amide bonds. The minimum Gasteiger partial charge on any atom is -0.436 e. The summed E-state index contributed by atoms with van der Waals surface area (Å²) in [5.74, 6) is 0.314. The van der Waals surface area contributed by atoms with Crippen LogP contribution in [0.15, 0.2) is 62.9 Å². The molecule has 22 heavy (non-hydrogen) atoms. The summed E-state index contributed by atoms with van der Waals surface area (Å²) in [6.07, 6.45) is 0. The number of hydrogen-bond donors (Lipinski definition) is 3. The zero-order valence-corrected chi connectivity index (χ0v) is 11.6. The first-order valence-corrected chi connectivity index (χ1v) is 6.52. The molecule has 110 valence electrons. The first kappa shape index (κ1) is 13.6. The van der Waals surface area contributed by atoms with Gasteiger partial charge in [0.25, 0.3) is 0 Å². The molecule has 0 atom stereocenters. The summed E-state index contributed by atoms with van der Waals surface area (Å²) < 4.78 is 5.75. The van der Waals surface area contributed by atoms with Crippen LogP contribution in [0.4, 0.5) is 5.69 Å². The number of oxazole rings is 1. The lowest BCUT2D eigenvalue weighted by molar-refractivity contribution is 0.620. The van der Waals surface area contributed by atoms with Crippen LogP contribution < -0.4 is 17.2 Å². The van der Waals surface area contributed by atoms with Crippen LogP contribution in [0, 0.1) is 0 Å². The number of guanidine groups is 2. The van der Waals surface area contributed by atoms with Crippen molar-refractivity contribution in [3.8, 4) is 11.5 Å². The van der Waals surface area contributed by atoms with Crippen LogP contribution in [-0.4, -0.2) is 16.9 Å². The van der Waals surface area contributed by atoms with E-state index in [2.05, 4.69) is 15.0 Å². The molecule has 0 aliphatic carbocycles. The van der Waals surface area contributed by atoms with Gasteiger partial charge >= 0.3 is 0 Å². The van der Waals surface area contributed by atoms with Crippen molar-refractivity contribution >= 4 is 28.7 Å². The van der Waals surface area contributed by atoms with Crippen LogP contribution in [-0.2, 0) is 0 Å². The number of aliphatic imine (C=N–C) groups is 2. The molecule has 0 aliphatic rings. The lowest BCUT2D eigenvalue weighted by atomic mass is 10.2. The standard InChI is InChI=1S/C15H14N6O/c16-14(17)21-15(18)19-10-7-4-8-11-12(10)20-13(22-11)9-5-2-1-3-6-9/h1-8H,(H6,16,17,18,19,21). The maximum Gasteiger partial charge on any atom is 0.227 e. The number of para-hydroxylation sites is 1. The SMILES string of the molecule is NC(N)=NC(N)=Nc1cccc2oc(-c3ccccc3)nc12. The fourth-order valence-corrected chi connectivity index (χ4v) is 2.01. The zero-order valence-electron chi connectivity index (χ0n) is 11.6. The number of nitrogens with zero attached hydrogens (tertiary/aromatic N) is 3. The molecular weight excluding hydrogens is 280 g/mol. The molecule has 0 bridgehead atoms. The molecule has 0 aliphatic heterocycles. The van der Waals surface area contributed by atoms with Crippen LogP contribution in [0.3, 0.4) is 0 Å². The minimum atomic E-state index is -0.154. The van der Waals surface area contributed by atoms with Crippen LogP contribution in [0.1, 0.15) is 0 Å². The van der Waals surface area contributed by atoms with E-state index in [1.165, 1.54) is 0 Å². The zero-order chi connectivity index (χ0) is 15.5. The van der Waals surface area contributed by atoms with Crippen LogP contribution in [0.2, 0.25) is 0 Å². The molecule has 0 saturated heterocycles. The summed E-state index contributed by atoms with van der Waals surface area (Å²) in [6.45, 7) is 0. The van der Waals surface area contributed by atoms with Crippen LogP contribution in [0.25, 0.3) is 22.6 Å². The highest BCUT2D eigenvalue weighted by molar-refractivity contribution is 5.96. The Labute approximate surface area is 126 Å². The molecule has 7 nitrogen and oxygen atoms in total. The Morgan fingerprint density at radius 2 is 1.73 bits per heavy atom. The van der Waals surface area contributed by atoms with Gasteiger partial charge in [0.15, 0.2) is 11.5 Å². The third-order valence-corrected chi connectivity index (χ3v) is 2.90. The highest BCUT2D eigenvalue weighted by Crippen LogP contribution is 2.30. The average molecular weight is 294 g/mol. The second-order valence-electron chi connectivity index (χ2n) is 4.52. The Morgan fingerprint density at radius 1 is 0.955 bits per heavy atom. The lowest BCUT2D eigenvalue weighted by Gasteiger charge is -1.96. The van der Waals surface area contributed by atoms with Crippen LogP contribution in [0.5, 0.6) is 0 Å². The van der Waals surface area contributed by atoms with E-state index in [9.17, 15) is 0 Å². The van der Waals surface area contributed by atoms with E-state index in [0.29, 0.717) is 22.7 Å². The number of nitrogens with two attached hydrogens (primary N) is 3. The van der Waals surface area contributed by atoms with E-state index in [1.807, 2.05) is 36.4 Å². The summed E-state index contributed by atoms with van der Waals surface area (Å²) in [5.41, 5.74) is 18.8. The van der Waals surface area contributed by atoms with E-state index in [1.54, 1.807) is 12.1 Å². The largest absolute Gasteiger partial charge is 0.436 e. The molecule has 0 radical (unpaired) electrons. The Kier molecular flexibility index (Phi) is 3.45. The highest BCUT2D eigenvalue weighted by Gasteiger charge is 2.11. The van der Waals surface area contributed by atoms with Crippen molar-refractivity contribution in [2.24, 2.45) is 27.2 Å². The van der Waals surface area contributed by atoms with E-state index < -0.39 is 0 Å². The van der Waals surface area contributed by atoms with E-state index in [4.69, 9.17) is 21.6 Å². The van der Waals surface area contributed by atoms with Gasteiger partial charge in [0.05, 0.1) is 5.69 Å². The van der Waals surface area contributed by atoms with Gasteiger partial charge in [0, 0.05) is 5.56 Å². The van der Waals surface area contributed by atoms with Crippen molar-refractivity contribution in [2.45, 2.75) is 0 Å². The van der Waals surface area contributed by atoms with Gasteiger partial charge in [-0.05, 0) is 24.3 Å². The van der Waals surface area contributed by atoms with Crippen molar-refractivity contribution in [3.63, 3.8) is 0 Å². The van der Waals surface area contributed by atoms with Gasteiger partial charge in [-0.3, -0.25) is 0 Å². The van der Waals surface area contributed by atoms with E-state index >= 15 is 0 Å². The van der Waals surface area contributed by atoms with Crippen LogP contribution >= 0.6 is 0 Å². The van der Waals surface area contributed by atoms with Crippen molar-refractivity contribution in [1.29, 1.82) is 0 Å². The smallest absolute Gasteiger partial charge is 0.227 e. The summed E-state index contributed by atoms with van der Waals surface area (Å²) in [5, 5.41) is 0. The Balaban J connectivity index is 2.10. The van der Waals surface area contributed by atoms with E-state index in [-0.39, 0.29) is 11.9 Å². The normalized spacial score (nSPS) is 11.5. The first-order chi connectivity index (χ1) is 10.6. The van der Waals surface area contributed by atoms with Gasteiger partial charge in [0.1, 0.15) is 5.52 Å². The highest BCUT2D eigenvalue weighted by atomic mass is 16.3. The molecule has 1 aromatic heterocycles. The Hall–Kier alpha value is -3.35. The second kappa shape index (κ2) is 5.57. The van der Waals surface area contributed by atoms with Gasteiger partial charge in [-0.1, -0.05) is 24.3 Å².